The van der Waals surface area contributed by atoms with E-state index >= 15 is 0 Å². The Morgan fingerprint density at radius 2 is 1.67 bits per heavy atom. The van der Waals surface area contributed by atoms with E-state index in [0.717, 1.165) is 16.8 Å². The van der Waals surface area contributed by atoms with Gasteiger partial charge in [-0.05, 0) is 67.8 Å². The van der Waals surface area contributed by atoms with Crippen molar-refractivity contribution >= 4 is 40.5 Å². The van der Waals surface area contributed by atoms with Gasteiger partial charge in [0.05, 0.1) is 11.6 Å². The number of hydrogen-bond donors (Lipinski definition) is 1. The summed E-state index contributed by atoms with van der Waals surface area (Å²) in [5.74, 6) is 1.10. The third-order valence-corrected chi connectivity index (χ3v) is 5.50. The van der Waals surface area contributed by atoms with Crippen molar-refractivity contribution < 1.29 is 9.47 Å². The van der Waals surface area contributed by atoms with Crippen LogP contribution in [0.2, 0.25) is 15.1 Å². The first-order valence-corrected chi connectivity index (χ1v) is 10.8. The van der Waals surface area contributed by atoms with Crippen LogP contribution in [0.25, 0.3) is 0 Å². The molecule has 0 fully saturated rings. The molecule has 0 aliphatic heterocycles. The number of ether oxygens (including phenoxy) is 2. The third-order valence-electron chi connectivity index (χ3n) is 4.63. The predicted octanol–water partition coefficient (Wildman–Crippen LogP) is 7.85. The minimum absolute atomic E-state index is 0.260. The maximum Gasteiger partial charge on any atom is 0.180 e. The molecule has 30 heavy (non-hydrogen) atoms. The van der Waals surface area contributed by atoms with Gasteiger partial charge in [0.15, 0.2) is 11.5 Å². The van der Waals surface area contributed by atoms with Gasteiger partial charge in [-0.1, -0.05) is 53.0 Å². The molecule has 3 nitrogen and oxygen atoms in total. The van der Waals surface area contributed by atoms with Crippen LogP contribution in [0.3, 0.4) is 0 Å². The van der Waals surface area contributed by atoms with Crippen molar-refractivity contribution in [1.82, 2.24) is 0 Å². The Balaban J connectivity index is 1.78. The van der Waals surface area contributed by atoms with Crippen LogP contribution >= 0.6 is 34.8 Å². The van der Waals surface area contributed by atoms with Crippen molar-refractivity contribution in [3.63, 3.8) is 0 Å². The molecule has 0 heterocycles. The van der Waals surface area contributed by atoms with E-state index < -0.39 is 0 Å². The number of halogens is 3. The Labute approximate surface area is 192 Å². The molecule has 0 radical (unpaired) electrons. The number of rotatable bonds is 8. The van der Waals surface area contributed by atoms with E-state index in [-0.39, 0.29) is 6.61 Å². The fourth-order valence-electron chi connectivity index (χ4n) is 3.04. The van der Waals surface area contributed by atoms with Crippen LogP contribution in [0.15, 0.2) is 48.5 Å². The molecule has 0 unspecified atom stereocenters. The molecule has 1 N–H and O–H groups in total. The smallest absolute Gasteiger partial charge is 0.180 e. The van der Waals surface area contributed by atoms with Gasteiger partial charge in [0, 0.05) is 27.8 Å². The van der Waals surface area contributed by atoms with Gasteiger partial charge in [-0.2, -0.15) is 0 Å². The van der Waals surface area contributed by atoms with Crippen molar-refractivity contribution in [2.45, 2.75) is 33.9 Å². The SMILES string of the molecule is CCOc1cc(CNc2cc(C)ccc2C)cc(Cl)c1OCc1ccc(Cl)cc1Cl. The van der Waals surface area contributed by atoms with E-state index in [0.29, 0.717) is 39.7 Å². The molecule has 3 aromatic carbocycles. The highest BCUT2D eigenvalue weighted by Crippen LogP contribution is 2.38. The molecule has 0 spiro atoms. The second-order valence-corrected chi connectivity index (χ2v) is 8.29. The van der Waals surface area contributed by atoms with Crippen LogP contribution in [0, 0.1) is 13.8 Å². The van der Waals surface area contributed by atoms with Gasteiger partial charge in [-0.3, -0.25) is 0 Å². The number of anilines is 1. The van der Waals surface area contributed by atoms with E-state index in [1.165, 1.54) is 11.1 Å². The van der Waals surface area contributed by atoms with Crippen LogP contribution in [0.5, 0.6) is 11.5 Å². The second-order valence-electron chi connectivity index (χ2n) is 7.03. The number of nitrogens with one attached hydrogen (secondary N) is 1. The first-order valence-electron chi connectivity index (χ1n) is 9.70. The molecule has 0 aliphatic carbocycles. The normalized spacial score (nSPS) is 10.7. The summed E-state index contributed by atoms with van der Waals surface area (Å²) in [5, 5.41) is 5.09. The van der Waals surface area contributed by atoms with E-state index in [2.05, 4.69) is 37.4 Å². The summed E-state index contributed by atoms with van der Waals surface area (Å²) in [5.41, 5.74) is 5.32. The van der Waals surface area contributed by atoms with Crippen LogP contribution in [-0.4, -0.2) is 6.61 Å². The maximum atomic E-state index is 6.55. The summed E-state index contributed by atoms with van der Waals surface area (Å²) in [4.78, 5) is 0. The lowest BCUT2D eigenvalue weighted by atomic mass is 10.1. The fourth-order valence-corrected chi connectivity index (χ4v) is 3.79. The van der Waals surface area contributed by atoms with E-state index in [4.69, 9.17) is 44.3 Å². The van der Waals surface area contributed by atoms with Gasteiger partial charge >= 0.3 is 0 Å². The lowest BCUT2D eigenvalue weighted by Crippen LogP contribution is -2.05. The van der Waals surface area contributed by atoms with Crippen LogP contribution in [-0.2, 0) is 13.2 Å². The van der Waals surface area contributed by atoms with Gasteiger partial charge in [0.25, 0.3) is 0 Å². The Hall–Kier alpha value is -2.07. The van der Waals surface area contributed by atoms with Crippen molar-refractivity contribution in [1.29, 1.82) is 0 Å². The lowest BCUT2D eigenvalue weighted by Gasteiger charge is -2.17. The molecule has 0 saturated heterocycles. The Bertz CT molecular complexity index is 1040. The summed E-state index contributed by atoms with van der Waals surface area (Å²) in [6.45, 7) is 7.47. The molecule has 3 rings (SSSR count). The molecule has 0 amide bonds. The minimum Gasteiger partial charge on any atom is -0.490 e. The number of benzene rings is 3. The standard InChI is InChI=1S/C24H24Cl3NO2/c1-4-29-23-11-17(13-28-22-9-15(2)5-6-16(22)3)10-21(27)24(23)30-14-18-7-8-19(25)12-20(18)26/h5-12,28H,4,13-14H2,1-3H3. The molecule has 3 aromatic rings. The summed E-state index contributed by atoms with van der Waals surface area (Å²) >= 11 is 18.8. The average Bonchev–Trinajstić information content (AvgIpc) is 2.69. The van der Waals surface area contributed by atoms with Crippen molar-refractivity contribution in [3.05, 3.63) is 85.9 Å². The molecule has 0 atom stereocenters. The van der Waals surface area contributed by atoms with Gasteiger partial charge in [-0.25, -0.2) is 0 Å². The summed E-state index contributed by atoms with van der Waals surface area (Å²) < 4.78 is 11.8. The Morgan fingerprint density at radius 1 is 0.867 bits per heavy atom. The van der Waals surface area contributed by atoms with Crippen molar-refractivity contribution in [2.75, 3.05) is 11.9 Å². The molecular formula is C24H24Cl3NO2. The largest absolute Gasteiger partial charge is 0.490 e. The molecule has 0 aliphatic rings. The van der Waals surface area contributed by atoms with E-state index in [9.17, 15) is 0 Å². The summed E-state index contributed by atoms with van der Waals surface area (Å²) in [6.07, 6.45) is 0. The van der Waals surface area contributed by atoms with Crippen LogP contribution in [0.4, 0.5) is 5.69 Å². The number of aryl methyl sites for hydroxylation is 2. The zero-order valence-corrected chi connectivity index (χ0v) is 19.5. The minimum atomic E-state index is 0.260. The van der Waals surface area contributed by atoms with Crippen LogP contribution in [0.1, 0.15) is 29.2 Å². The quantitative estimate of drug-likeness (QED) is 0.368. The average molecular weight is 465 g/mol. The molecule has 0 bridgehead atoms. The topological polar surface area (TPSA) is 30.5 Å². The number of hydrogen-bond acceptors (Lipinski definition) is 3. The molecular weight excluding hydrogens is 441 g/mol. The second kappa shape index (κ2) is 10.3. The predicted molar refractivity (Wildman–Crippen MR) is 127 cm³/mol. The van der Waals surface area contributed by atoms with E-state index in [1.54, 1.807) is 12.1 Å². The van der Waals surface area contributed by atoms with E-state index in [1.807, 2.05) is 25.1 Å². The van der Waals surface area contributed by atoms with Crippen molar-refractivity contribution in [2.24, 2.45) is 0 Å². The summed E-state index contributed by atoms with van der Waals surface area (Å²) in [7, 11) is 0. The van der Waals surface area contributed by atoms with Gasteiger partial charge in [0.1, 0.15) is 6.61 Å². The fraction of sp³-hybridized carbons (Fsp3) is 0.250. The zero-order chi connectivity index (χ0) is 21.7. The maximum absolute atomic E-state index is 6.55. The third kappa shape index (κ3) is 5.75. The lowest BCUT2D eigenvalue weighted by molar-refractivity contribution is 0.269. The summed E-state index contributed by atoms with van der Waals surface area (Å²) in [6, 6.07) is 15.5. The van der Waals surface area contributed by atoms with Gasteiger partial charge < -0.3 is 14.8 Å². The highest BCUT2D eigenvalue weighted by atomic mass is 35.5. The van der Waals surface area contributed by atoms with Crippen LogP contribution < -0.4 is 14.8 Å². The highest BCUT2D eigenvalue weighted by Gasteiger charge is 2.14. The zero-order valence-electron chi connectivity index (χ0n) is 17.2. The monoisotopic (exact) mass is 463 g/mol. The van der Waals surface area contributed by atoms with Gasteiger partial charge in [-0.15, -0.1) is 0 Å². The Kier molecular flexibility index (Phi) is 7.76. The highest BCUT2D eigenvalue weighted by molar-refractivity contribution is 6.35. The first kappa shape index (κ1) is 22.6. The molecule has 0 saturated carbocycles. The molecule has 158 valence electrons. The Morgan fingerprint density at radius 3 is 2.40 bits per heavy atom. The molecule has 0 aromatic heterocycles. The van der Waals surface area contributed by atoms with Gasteiger partial charge in [0.2, 0.25) is 0 Å². The first-order chi connectivity index (χ1) is 14.4. The van der Waals surface area contributed by atoms with Crippen molar-refractivity contribution in [3.8, 4) is 11.5 Å². The molecule has 6 heteroatoms.